The summed E-state index contributed by atoms with van der Waals surface area (Å²) in [5.41, 5.74) is 0. The minimum atomic E-state index is -4.78. The van der Waals surface area contributed by atoms with E-state index >= 15 is 0 Å². The van der Waals surface area contributed by atoms with Gasteiger partial charge in [-0.15, -0.1) is 0 Å². The van der Waals surface area contributed by atoms with Gasteiger partial charge in [-0.3, -0.25) is 23.4 Å². The Kier molecular flexibility index (Phi) is 54.0. The van der Waals surface area contributed by atoms with E-state index in [0.29, 0.717) is 19.3 Å². The van der Waals surface area contributed by atoms with Gasteiger partial charge in [0.05, 0.1) is 19.8 Å². The molecule has 0 fully saturated rings. The lowest BCUT2D eigenvalue weighted by molar-refractivity contribution is -0.161. The van der Waals surface area contributed by atoms with E-state index in [1.807, 2.05) is 12.2 Å². The Morgan fingerprint density at radius 1 is 0.382 bits per heavy atom. The third-order valence-corrected chi connectivity index (χ3v) is 12.8. The normalized spacial score (nSPS) is 14.2. The zero-order valence-electron chi connectivity index (χ0n) is 47.7. The largest absolute Gasteiger partial charge is 0.472 e. The Morgan fingerprint density at radius 2 is 0.711 bits per heavy atom. The Bertz CT molecular complexity index is 1740. The number of aliphatic hydroxyl groups excluding tert-OH is 1. The van der Waals surface area contributed by atoms with E-state index in [-0.39, 0.29) is 19.3 Å². The van der Waals surface area contributed by atoms with Crippen LogP contribution in [0.15, 0.2) is 122 Å². The van der Waals surface area contributed by atoms with Crippen molar-refractivity contribution in [3.05, 3.63) is 122 Å². The van der Waals surface area contributed by atoms with Crippen molar-refractivity contribution in [1.29, 1.82) is 0 Å². The maximum atomic E-state index is 12.9. The van der Waals surface area contributed by atoms with Crippen LogP contribution in [0.1, 0.15) is 226 Å². The van der Waals surface area contributed by atoms with Crippen LogP contribution >= 0.6 is 7.82 Å². The van der Waals surface area contributed by atoms with Gasteiger partial charge in [-0.25, -0.2) is 4.57 Å². The third-order valence-electron chi connectivity index (χ3n) is 11.9. The first-order chi connectivity index (χ1) is 37.2. The Labute approximate surface area is 462 Å². The Morgan fingerprint density at radius 3 is 1.13 bits per heavy atom. The van der Waals surface area contributed by atoms with Crippen LogP contribution in [0.5, 0.6) is 0 Å². The molecule has 0 saturated heterocycles. The molecule has 0 spiro atoms. The van der Waals surface area contributed by atoms with E-state index in [1.165, 1.54) is 57.8 Å². The Hall–Kier alpha value is -4.12. The van der Waals surface area contributed by atoms with Crippen molar-refractivity contribution in [2.45, 2.75) is 238 Å². The molecule has 0 radical (unpaired) electrons. The fourth-order valence-electron chi connectivity index (χ4n) is 7.45. The van der Waals surface area contributed by atoms with Gasteiger partial charge in [0.25, 0.3) is 0 Å². The van der Waals surface area contributed by atoms with Gasteiger partial charge in [-0.1, -0.05) is 213 Å². The smallest absolute Gasteiger partial charge is 0.462 e. The quantitative estimate of drug-likeness (QED) is 0.0197. The molecule has 11 nitrogen and oxygen atoms in total. The lowest BCUT2D eigenvalue weighted by atomic mass is 10.1. The average molecular weight is 1080 g/mol. The zero-order chi connectivity index (χ0) is 55.5. The fourth-order valence-corrected chi connectivity index (χ4v) is 8.23. The first-order valence-corrected chi connectivity index (χ1v) is 30.9. The maximum Gasteiger partial charge on any atom is 0.472 e. The minimum absolute atomic E-state index is 0.0915. The number of hydrogen-bond acceptors (Lipinski definition) is 10. The van der Waals surface area contributed by atoms with Crippen LogP contribution in [0.3, 0.4) is 0 Å². The predicted molar refractivity (Wildman–Crippen MR) is 316 cm³/mol. The van der Waals surface area contributed by atoms with Gasteiger partial charge < -0.3 is 24.2 Å². The molecule has 0 saturated carbocycles. The van der Waals surface area contributed by atoms with E-state index in [4.69, 9.17) is 23.3 Å². The van der Waals surface area contributed by atoms with Gasteiger partial charge in [0.15, 0.2) is 6.10 Å². The molecule has 76 heavy (non-hydrogen) atoms. The van der Waals surface area contributed by atoms with Crippen LogP contribution in [-0.2, 0) is 42.2 Å². The number of ether oxygens (including phenoxy) is 3. The molecule has 432 valence electrons. The van der Waals surface area contributed by atoms with Gasteiger partial charge in [0.2, 0.25) is 0 Å². The molecular weight excluding hydrogens is 976 g/mol. The molecule has 0 amide bonds. The second-order valence-corrected chi connectivity index (χ2v) is 20.5. The molecule has 0 aromatic rings. The number of carbonyl (C=O) groups is 3. The van der Waals surface area contributed by atoms with Gasteiger partial charge in [-0.2, -0.15) is 0 Å². The van der Waals surface area contributed by atoms with E-state index in [9.17, 15) is 28.9 Å². The number of aliphatic hydroxyl groups is 1. The monoisotopic (exact) mass is 1080 g/mol. The number of phosphoric acid groups is 1. The molecule has 0 aliphatic carbocycles. The van der Waals surface area contributed by atoms with E-state index < -0.39 is 64.4 Å². The summed E-state index contributed by atoms with van der Waals surface area (Å²) in [7, 11) is -4.78. The highest BCUT2D eigenvalue weighted by molar-refractivity contribution is 7.47. The SMILES string of the molecule is CC/C=C\C/C=C\C/C=C\C/C=C\C/C=C\CCCCCC(=O)OC(COC(=O)CC/C=C\C/C=C\C/C=C\C/C=C\CC)COP(=O)(O)OCC(CO)OC(=O)CCCCCCCCC/C=C\CCCCCCCC. The summed E-state index contributed by atoms with van der Waals surface area (Å²) < 4.78 is 39.4. The summed E-state index contributed by atoms with van der Waals surface area (Å²) in [6.07, 6.45) is 70.3. The van der Waals surface area contributed by atoms with Crippen molar-refractivity contribution in [3.8, 4) is 0 Å². The van der Waals surface area contributed by atoms with Crippen molar-refractivity contribution < 1.29 is 52.2 Å². The third kappa shape index (κ3) is 54.7. The van der Waals surface area contributed by atoms with Gasteiger partial charge >= 0.3 is 25.7 Å². The second kappa shape index (κ2) is 57.1. The van der Waals surface area contributed by atoms with Crippen LogP contribution in [0.25, 0.3) is 0 Å². The number of unbranched alkanes of at least 4 members (excludes halogenated alkanes) is 16. The topological polar surface area (TPSA) is 155 Å². The average Bonchev–Trinajstić information content (AvgIpc) is 3.41. The number of carbonyl (C=O) groups excluding carboxylic acids is 3. The van der Waals surface area contributed by atoms with Crippen LogP contribution in [0, 0.1) is 0 Å². The molecule has 12 heteroatoms. The number of allylic oxidation sites excluding steroid dienone is 20. The van der Waals surface area contributed by atoms with Crippen LogP contribution < -0.4 is 0 Å². The van der Waals surface area contributed by atoms with Crippen molar-refractivity contribution >= 4 is 25.7 Å². The predicted octanol–water partition coefficient (Wildman–Crippen LogP) is 17.6. The first kappa shape index (κ1) is 71.9. The number of hydrogen-bond donors (Lipinski definition) is 2. The highest BCUT2D eigenvalue weighted by Crippen LogP contribution is 2.43. The highest BCUT2D eigenvalue weighted by Gasteiger charge is 2.28. The number of esters is 3. The van der Waals surface area contributed by atoms with Crippen molar-refractivity contribution in [2.24, 2.45) is 0 Å². The summed E-state index contributed by atoms with van der Waals surface area (Å²) in [6.45, 7) is 4.28. The standard InChI is InChI=1S/C64H105O11P/c1-4-7-10-13-16-19-22-25-27-29-30-32-34-37-40-43-46-49-52-55-64(68)75-61(57-71-62(66)53-50-47-44-41-38-35-24-21-18-15-12-9-6-3)59-73-76(69,70)72-58-60(56-65)74-63(67)54-51-48-45-42-39-36-33-31-28-26-23-20-17-14-11-8-5-2/h7,9-10,12,16,18-19,21,25-28,30,32,35,37-38,40,44,47,60-61,65H,4-6,8,11,13-15,17,20,22-24,29,31,33-34,36,39,41-43,45-46,48-59H2,1-3H3,(H,69,70)/b10-7-,12-9-,19-16-,21-18-,27-25-,28-26-,32-30-,38-35-,40-37-,47-44-. The van der Waals surface area contributed by atoms with Crippen LogP contribution in [-0.4, -0.2) is 66.5 Å². The van der Waals surface area contributed by atoms with Crippen molar-refractivity contribution in [2.75, 3.05) is 26.4 Å². The van der Waals surface area contributed by atoms with Crippen molar-refractivity contribution in [1.82, 2.24) is 0 Å². The number of phosphoric ester groups is 1. The lowest BCUT2D eigenvalue weighted by Gasteiger charge is -2.21. The molecule has 3 unspecified atom stereocenters. The summed E-state index contributed by atoms with van der Waals surface area (Å²) in [4.78, 5) is 48.5. The molecule has 0 heterocycles. The number of rotatable bonds is 53. The minimum Gasteiger partial charge on any atom is -0.462 e. The van der Waals surface area contributed by atoms with E-state index in [2.05, 4.69) is 130 Å². The maximum absolute atomic E-state index is 12.9. The summed E-state index contributed by atoms with van der Waals surface area (Å²) in [5.74, 6) is -1.62. The Balaban J connectivity index is 4.82. The summed E-state index contributed by atoms with van der Waals surface area (Å²) >= 11 is 0. The first-order valence-electron chi connectivity index (χ1n) is 29.4. The fraction of sp³-hybridized carbons (Fsp3) is 0.641. The van der Waals surface area contributed by atoms with E-state index in [0.717, 1.165) is 109 Å². The molecule has 0 aromatic carbocycles. The molecule has 0 rings (SSSR count). The highest BCUT2D eigenvalue weighted by atomic mass is 31.2. The second-order valence-electron chi connectivity index (χ2n) is 19.0. The summed E-state index contributed by atoms with van der Waals surface area (Å²) in [6, 6.07) is 0. The lowest BCUT2D eigenvalue weighted by Crippen LogP contribution is -2.30. The molecule has 0 bridgehead atoms. The van der Waals surface area contributed by atoms with Gasteiger partial charge in [-0.05, 0) is 116 Å². The molecule has 3 atom stereocenters. The van der Waals surface area contributed by atoms with Crippen LogP contribution in [0.2, 0.25) is 0 Å². The van der Waals surface area contributed by atoms with Gasteiger partial charge in [0.1, 0.15) is 12.7 Å². The molecule has 2 N–H and O–H groups in total. The molecule has 0 aromatic heterocycles. The van der Waals surface area contributed by atoms with Crippen molar-refractivity contribution in [3.63, 3.8) is 0 Å². The van der Waals surface area contributed by atoms with Crippen LogP contribution in [0.4, 0.5) is 0 Å². The molecule has 0 aliphatic heterocycles. The van der Waals surface area contributed by atoms with E-state index in [1.54, 1.807) is 0 Å². The molecular formula is C64H105O11P. The molecule has 0 aliphatic rings. The summed E-state index contributed by atoms with van der Waals surface area (Å²) in [5, 5.41) is 9.83. The van der Waals surface area contributed by atoms with Gasteiger partial charge in [0, 0.05) is 19.3 Å². The zero-order valence-corrected chi connectivity index (χ0v) is 48.6.